The van der Waals surface area contributed by atoms with Gasteiger partial charge in [-0.3, -0.25) is 9.78 Å². The van der Waals surface area contributed by atoms with Crippen LogP contribution < -0.4 is 4.90 Å². The molecular weight excluding hydrogens is 257 g/mol. The van der Waals surface area contributed by atoms with Gasteiger partial charge in [0.15, 0.2) is 5.82 Å². The Morgan fingerprint density at radius 1 is 1.25 bits per heavy atom. The predicted octanol–water partition coefficient (Wildman–Crippen LogP) is 2.06. The number of hydrogen-bond acceptors (Lipinski definition) is 3. The first kappa shape index (κ1) is 13.3. The predicted molar refractivity (Wildman–Crippen MR) is 74.9 cm³/mol. The molecule has 108 valence electrons. The number of nitrogens with zero attached hydrogens (tertiary/aromatic N) is 3. The third-order valence-corrected chi connectivity index (χ3v) is 4.28. The van der Waals surface area contributed by atoms with Gasteiger partial charge in [-0.05, 0) is 31.7 Å². The van der Waals surface area contributed by atoms with Crippen molar-refractivity contribution in [2.75, 3.05) is 31.1 Å². The zero-order valence-corrected chi connectivity index (χ0v) is 11.6. The average Bonchev–Trinajstić information content (AvgIpc) is 3.01. The van der Waals surface area contributed by atoms with Crippen LogP contribution in [0.5, 0.6) is 0 Å². The molecule has 0 saturated carbocycles. The maximum Gasteiger partial charge on any atom is 0.227 e. The van der Waals surface area contributed by atoms with Crippen molar-refractivity contribution in [1.82, 2.24) is 9.88 Å². The Morgan fingerprint density at radius 2 is 2.05 bits per heavy atom. The Kier molecular flexibility index (Phi) is 3.85. The lowest BCUT2D eigenvalue weighted by atomic mass is 9.96. The number of carbonyl (C=O) groups is 1. The molecular formula is C15H20FN3O. The standard InChI is InChI=1S/C15H20FN3O/c16-13-10-17-6-5-14(13)19-9-3-4-12(11-19)15(20)18-7-1-2-8-18/h5-6,10,12H,1-4,7-9,11H2. The van der Waals surface area contributed by atoms with E-state index in [0.717, 1.165) is 45.3 Å². The highest BCUT2D eigenvalue weighted by Gasteiger charge is 2.31. The summed E-state index contributed by atoms with van der Waals surface area (Å²) < 4.78 is 13.8. The SMILES string of the molecule is O=C(C1CCCN(c2ccncc2F)C1)N1CCCC1. The van der Waals surface area contributed by atoms with E-state index in [9.17, 15) is 9.18 Å². The molecule has 0 aromatic carbocycles. The second-order valence-electron chi connectivity index (χ2n) is 5.64. The van der Waals surface area contributed by atoms with Crippen molar-refractivity contribution in [1.29, 1.82) is 0 Å². The molecule has 0 N–H and O–H groups in total. The number of aromatic nitrogens is 1. The van der Waals surface area contributed by atoms with Gasteiger partial charge >= 0.3 is 0 Å². The van der Waals surface area contributed by atoms with Crippen molar-refractivity contribution in [3.63, 3.8) is 0 Å². The number of piperidine rings is 1. The van der Waals surface area contributed by atoms with Crippen LogP contribution in [-0.2, 0) is 4.79 Å². The molecule has 5 heteroatoms. The summed E-state index contributed by atoms with van der Waals surface area (Å²) in [6, 6.07) is 1.69. The maximum atomic E-state index is 13.8. The van der Waals surface area contributed by atoms with Gasteiger partial charge in [-0.2, -0.15) is 0 Å². The Hall–Kier alpha value is -1.65. The number of likely N-dealkylation sites (tertiary alicyclic amines) is 1. The molecule has 2 aliphatic heterocycles. The number of rotatable bonds is 2. The lowest BCUT2D eigenvalue weighted by Crippen LogP contribution is -2.44. The molecule has 2 fully saturated rings. The number of carbonyl (C=O) groups excluding carboxylic acids is 1. The van der Waals surface area contributed by atoms with Crippen LogP contribution >= 0.6 is 0 Å². The van der Waals surface area contributed by atoms with Crippen molar-refractivity contribution in [2.24, 2.45) is 5.92 Å². The molecule has 2 aliphatic rings. The Labute approximate surface area is 118 Å². The molecule has 3 rings (SSSR count). The van der Waals surface area contributed by atoms with Crippen LogP contribution in [0.2, 0.25) is 0 Å². The van der Waals surface area contributed by atoms with E-state index in [4.69, 9.17) is 0 Å². The van der Waals surface area contributed by atoms with E-state index >= 15 is 0 Å². The fourth-order valence-corrected chi connectivity index (χ4v) is 3.22. The minimum atomic E-state index is -0.304. The molecule has 0 spiro atoms. The van der Waals surface area contributed by atoms with Gasteiger partial charge in [0.1, 0.15) is 0 Å². The van der Waals surface area contributed by atoms with E-state index in [1.807, 2.05) is 9.80 Å². The maximum absolute atomic E-state index is 13.8. The lowest BCUT2D eigenvalue weighted by molar-refractivity contribution is -0.134. The van der Waals surface area contributed by atoms with Crippen LogP contribution in [0, 0.1) is 11.7 Å². The number of amides is 1. The Bertz CT molecular complexity index is 488. The summed E-state index contributed by atoms with van der Waals surface area (Å²) in [6.45, 7) is 3.21. The molecule has 1 amide bonds. The monoisotopic (exact) mass is 277 g/mol. The lowest BCUT2D eigenvalue weighted by Gasteiger charge is -2.35. The van der Waals surface area contributed by atoms with Crippen molar-refractivity contribution in [2.45, 2.75) is 25.7 Å². The van der Waals surface area contributed by atoms with Gasteiger partial charge in [-0.25, -0.2) is 4.39 Å². The van der Waals surface area contributed by atoms with Crippen LogP contribution in [0.25, 0.3) is 0 Å². The van der Waals surface area contributed by atoms with Gasteiger partial charge in [0.05, 0.1) is 17.8 Å². The average molecular weight is 277 g/mol. The molecule has 0 radical (unpaired) electrons. The first-order valence-electron chi connectivity index (χ1n) is 7.39. The molecule has 1 aromatic rings. The van der Waals surface area contributed by atoms with E-state index in [1.54, 1.807) is 12.3 Å². The summed E-state index contributed by atoms with van der Waals surface area (Å²) in [4.78, 5) is 20.2. The minimum absolute atomic E-state index is 0.00872. The van der Waals surface area contributed by atoms with E-state index in [2.05, 4.69) is 4.98 Å². The van der Waals surface area contributed by atoms with Gasteiger partial charge in [0.2, 0.25) is 5.91 Å². The summed E-state index contributed by atoms with van der Waals surface area (Å²) in [5.41, 5.74) is 0.568. The highest BCUT2D eigenvalue weighted by molar-refractivity contribution is 5.80. The number of pyridine rings is 1. The molecule has 2 saturated heterocycles. The summed E-state index contributed by atoms with van der Waals surface area (Å²) >= 11 is 0. The normalized spacial score (nSPS) is 23.1. The quantitative estimate of drug-likeness (QED) is 0.830. The zero-order valence-electron chi connectivity index (χ0n) is 11.6. The molecule has 4 nitrogen and oxygen atoms in total. The number of hydrogen-bond donors (Lipinski definition) is 0. The van der Waals surface area contributed by atoms with E-state index < -0.39 is 0 Å². The van der Waals surface area contributed by atoms with Crippen LogP contribution in [0.1, 0.15) is 25.7 Å². The summed E-state index contributed by atoms with van der Waals surface area (Å²) in [5, 5.41) is 0. The van der Waals surface area contributed by atoms with Crippen molar-refractivity contribution in [3.05, 3.63) is 24.3 Å². The first-order chi connectivity index (χ1) is 9.75. The number of anilines is 1. The van der Waals surface area contributed by atoms with Gasteiger partial charge in [-0.15, -0.1) is 0 Å². The van der Waals surface area contributed by atoms with Gasteiger partial charge in [0, 0.05) is 32.4 Å². The van der Waals surface area contributed by atoms with Gasteiger partial charge < -0.3 is 9.80 Å². The largest absolute Gasteiger partial charge is 0.368 e. The molecule has 3 heterocycles. The minimum Gasteiger partial charge on any atom is -0.368 e. The van der Waals surface area contributed by atoms with Gasteiger partial charge in [-0.1, -0.05) is 0 Å². The molecule has 1 unspecified atom stereocenters. The molecule has 1 atom stereocenters. The van der Waals surface area contributed by atoms with Crippen LogP contribution in [-0.4, -0.2) is 42.0 Å². The Balaban J connectivity index is 1.70. The summed E-state index contributed by atoms with van der Waals surface area (Å²) in [5.74, 6) is -0.0437. The van der Waals surface area contributed by atoms with Crippen molar-refractivity contribution < 1.29 is 9.18 Å². The van der Waals surface area contributed by atoms with Crippen LogP contribution in [0.4, 0.5) is 10.1 Å². The third kappa shape index (κ3) is 2.62. The number of halogens is 1. The molecule has 1 aromatic heterocycles. The Morgan fingerprint density at radius 3 is 2.80 bits per heavy atom. The third-order valence-electron chi connectivity index (χ3n) is 4.28. The highest BCUT2D eigenvalue weighted by Crippen LogP contribution is 2.26. The summed E-state index contributed by atoms with van der Waals surface area (Å²) in [6.07, 6.45) is 6.92. The van der Waals surface area contributed by atoms with Gasteiger partial charge in [0.25, 0.3) is 0 Å². The second kappa shape index (κ2) is 5.77. The second-order valence-corrected chi connectivity index (χ2v) is 5.64. The van der Waals surface area contributed by atoms with E-state index in [0.29, 0.717) is 12.2 Å². The molecule has 0 aliphatic carbocycles. The van der Waals surface area contributed by atoms with E-state index in [1.165, 1.54) is 6.20 Å². The van der Waals surface area contributed by atoms with Crippen LogP contribution in [0.15, 0.2) is 18.5 Å². The first-order valence-corrected chi connectivity index (χ1v) is 7.39. The van der Waals surface area contributed by atoms with Crippen LogP contribution in [0.3, 0.4) is 0 Å². The molecule has 0 bridgehead atoms. The van der Waals surface area contributed by atoms with Crippen molar-refractivity contribution >= 4 is 11.6 Å². The summed E-state index contributed by atoms with van der Waals surface area (Å²) in [7, 11) is 0. The highest BCUT2D eigenvalue weighted by atomic mass is 19.1. The van der Waals surface area contributed by atoms with E-state index in [-0.39, 0.29) is 17.6 Å². The zero-order chi connectivity index (χ0) is 13.9. The fraction of sp³-hybridized carbons (Fsp3) is 0.600. The fourth-order valence-electron chi connectivity index (χ4n) is 3.22. The topological polar surface area (TPSA) is 36.4 Å². The van der Waals surface area contributed by atoms with Crippen molar-refractivity contribution in [3.8, 4) is 0 Å². The smallest absolute Gasteiger partial charge is 0.227 e. The molecule has 20 heavy (non-hydrogen) atoms.